The third kappa shape index (κ3) is 4.60. The van der Waals surface area contributed by atoms with Crippen LogP contribution in [0.5, 0.6) is 0 Å². The molecule has 1 aromatic carbocycles. The molecule has 0 fully saturated rings. The van der Waals surface area contributed by atoms with Gasteiger partial charge in [-0.2, -0.15) is 11.8 Å². The predicted octanol–water partition coefficient (Wildman–Crippen LogP) is 2.90. The summed E-state index contributed by atoms with van der Waals surface area (Å²) in [6.07, 6.45) is 3.41. The van der Waals surface area contributed by atoms with Crippen LogP contribution in [0.25, 0.3) is 0 Å². The summed E-state index contributed by atoms with van der Waals surface area (Å²) in [6, 6.07) is 6.73. The van der Waals surface area contributed by atoms with E-state index in [1.165, 1.54) is 29.0 Å². The monoisotopic (exact) mass is 252 g/mol. The SMILES string of the molecule is CNCc1ccc(N(C)CCCSC)cc1C. The van der Waals surface area contributed by atoms with Crippen molar-refractivity contribution in [3.05, 3.63) is 29.3 Å². The molecule has 0 heterocycles. The van der Waals surface area contributed by atoms with Gasteiger partial charge >= 0.3 is 0 Å². The summed E-state index contributed by atoms with van der Waals surface area (Å²) in [7, 11) is 4.16. The molecule has 96 valence electrons. The first kappa shape index (κ1) is 14.4. The van der Waals surface area contributed by atoms with E-state index >= 15 is 0 Å². The number of nitrogens with zero attached hydrogens (tertiary/aromatic N) is 1. The Morgan fingerprint density at radius 3 is 2.71 bits per heavy atom. The second kappa shape index (κ2) is 7.62. The first-order valence-electron chi connectivity index (χ1n) is 6.13. The van der Waals surface area contributed by atoms with Crippen LogP contribution in [0.4, 0.5) is 5.69 Å². The highest BCUT2D eigenvalue weighted by atomic mass is 32.2. The Labute approximate surface area is 110 Å². The van der Waals surface area contributed by atoms with Crippen molar-refractivity contribution in [1.29, 1.82) is 0 Å². The molecule has 0 bridgehead atoms. The fourth-order valence-electron chi connectivity index (χ4n) is 1.88. The molecule has 0 saturated heterocycles. The number of rotatable bonds is 7. The summed E-state index contributed by atoms with van der Waals surface area (Å²) in [6.45, 7) is 4.26. The van der Waals surface area contributed by atoms with E-state index in [2.05, 4.69) is 48.6 Å². The minimum atomic E-state index is 0.947. The average molecular weight is 252 g/mol. The van der Waals surface area contributed by atoms with Crippen LogP contribution < -0.4 is 10.2 Å². The number of anilines is 1. The molecule has 0 aliphatic rings. The number of nitrogens with one attached hydrogen (secondary N) is 1. The molecule has 0 aliphatic carbocycles. The molecule has 1 aromatic rings. The van der Waals surface area contributed by atoms with Gasteiger partial charge in [0.05, 0.1) is 0 Å². The Kier molecular flexibility index (Phi) is 6.45. The van der Waals surface area contributed by atoms with Crippen LogP contribution in [-0.2, 0) is 6.54 Å². The second-order valence-corrected chi connectivity index (χ2v) is 5.39. The maximum Gasteiger partial charge on any atom is 0.0366 e. The lowest BCUT2D eigenvalue weighted by atomic mass is 10.1. The minimum absolute atomic E-state index is 0.947. The molecule has 0 spiro atoms. The van der Waals surface area contributed by atoms with Gasteiger partial charge < -0.3 is 10.2 Å². The maximum absolute atomic E-state index is 3.20. The summed E-state index contributed by atoms with van der Waals surface area (Å²) in [5, 5.41) is 3.20. The van der Waals surface area contributed by atoms with Crippen molar-refractivity contribution in [3.63, 3.8) is 0 Å². The number of hydrogen-bond acceptors (Lipinski definition) is 3. The van der Waals surface area contributed by atoms with Gasteiger partial charge in [0.25, 0.3) is 0 Å². The van der Waals surface area contributed by atoms with Gasteiger partial charge in [0.15, 0.2) is 0 Å². The van der Waals surface area contributed by atoms with Gasteiger partial charge in [0, 0.05) is 25.8 Å². The van der Waals surface area contributed by atoms with Gasteiger partial charge in [-0.15, -0.1) is 0 Å². The molecule has 0 unspecified atom stereocenters. The number of benzene rings is 1. The maximum atomic E-state index is 3.20. The highest BCUT2D eigenvalue weighted by Crippen LogP contribution is 2.18. The largest absolute Gasteiger partial charge is 0.375 e. The van der Waals surface area contributed by atoms with Crippen molar-refractivity contribution in [1.82, 2.24) is 5.32 Å². The fraction of sp³-hybridized carbons (Fsp3) is 0.571. The van der Waals surface area contributed by atoms with Crippen LogP contribution in [0.2, 0.25) is 0 Å². The summed E-state index contributed by atoms with van der Waals surface area (Å²) in [5.74, 6) is 1.24. The van der Waals surface area contributed by atoms with Crippen LogP contribution >= 0.6 is 11.8 Å². The van der Waals surface area contributed by atoms with E-state index in [9.17, 15) is 0 Å². The summed E-state index contributed by atoms with van der Waals surface area (Å²) < 4.78 is 0. The topological polar surface area (TPSA) is 15.3 Å². The van der Waals surface area contributed by atoms with Crippen LogP contribution in [0.1, 0.15) is 17.5 Å². The van der Waals surface area contributed by atoms with Crippen molar-refractivity contribution in [3.8, 4) is 0 Å². The van der Waals surface area contributed by atoms with Gasteiger partial charge in [-0.1, -0.05) is 6.07 Å². The molecular weight excluding hydrogens is 228 g/mol. The lowest BCUT2D eigenvalue weighted by molar-refractivity contribution is 0.810. The Balaban J connectivity index is 2.62. The van der Waals surface area contributed by atoms with Crippen LogP contribution in [-0.4, -0.2) is 32.6 Å². The quantitative estimate of drug-likeness (QED) is 0.751. The summed E-state index contributed by atoms with van der Waals surface area (Å²) >= 11 is 1.92. The zero-order valence-corrected chi connectivity index (χ0v) is 12.2. The molecule has 2 nitrogen and oxygen atoms in total. The molecule has 0 amide bonds. The Hall–Kier alpha value is -0.670. The zero-order chi connectivity index (χ0) is 12.7. The van der Waals surface area contributed by atoms with Crippen LogP contribution in [0.15, 0.2) is 18.2 Å². The normalized spacial score (nSPS) is 10.6. The smallest absolute Gasteiger partial charge is 0.0366 e. The molecule has 1 N–H and O–H groups in total. The first-order valence-corrected chi connectivity index (χ1v) is 7.52. The highest BCUT2D eigenvalue weighted by Gasteiger charge is 2.03. The van der Waals surface area contributed by atoms with Crippen molar-refractivity contribution in [2.45, 2.75) is 19.9 Å². The van der Waals surface area contributed by atoms with Crippen LogP contribution in [0.3, 0.4) is 0 Å². The van der Waals surface area contributed by atoms with Crippen molar-refractivity contribution in [2.75, 3.05) is 37.5 Å². The molecule has 0 aromatic heterocycles. The molecule has 0 saturated carbocycles. The highest BCUT2D eigenvalue weighted by molar-refractivity contribution is 7.98. The lowest BCUT2D eigenvalue weighted by Gasteiger charge is -2.20. The van der Waals surface area contributed by atoms with E-state index in [1.807, 2.05) is 18.8 Å². The Morgan fingerprint density at radius 2 is 2.12 bits per heavy atom. The van der Waals surface area contributed by atoms with E-state index < -0.39 is 0 Å². The predicted molar refractivity (Wildman–Crippen MR) is 80.2 cm³/mol. The molecule has 0 atom stereocenters. The lowest BCUT2D eigenvalue weighted by Crippen LogP contribution is -2.19. The Morgan fingerprint density at radius 1 is 1.35 bits per heavy atom. The van der Waals surface area contributed by atoms with Gasteiger partial charge in [-0.05, 0) is 55.7 Å². The molecule has 0 aliphatic heterocycles. The van der Waals surface area contributed by atoms with Crippen molar-refractivity contribution in [2.24, 2.45) is 0 Å². The summed E-state index contributed by atoms with van der Waals surface area (Å²) in [4.78, 5) is 2.34. The van der Waals surface area contributed by atoms with E-state index in [0.29, 0.717) is 0 Å². The van der Waals surface area contributed by atoms with Crippen LogP contribution in [0, 0.1) is 6.92 Å². The second-order valence-electron chi connectivity index (χ2n) is 4.41. The molecule has 1 rings (SSSR count). The number of hydrogen-bond donors (Lipinski definition) is 1. The molecule has 3 heteroatoms. The van der Waals surface area contributed by atoms with Gasteiger partial charge in [-0.3, -0.25) is 0 Å². The van der Waals surface area contributed by atoms with E-state index in [0.717, 1.165) is 13.1 Å². The molecule has 17 heavy (non-hydrogen) atoms. The third-order valence-electron chi connectivity index (χ3n) is 2.98. The fourth-order valence-corrected chi connectivity index (χ4v) is 2.30. The molecule has 0 radical (unpaired) electrons. The first-order chi connectivity index (χ1) is 8.19. The standard InChI is InChI=1S/C14H24N2S/c1-12-10-14(7-6-13(12)11-15-2)16(3)8-5-9-17-4/h6-7,10,15H,5,8-9,11H2,1-4H3. The minimum Gasteiger partial charge on any atom is -0.375 e. The van der Waals surface area contributed by atoms with E-state index in [-0.39, 0.29) is 0 Å². The number of aryl methyl sites for hydroxylation is 1. The Bertz CT molecular complexity index is 339. The third-order valence-corrected chi connectivity index (χ3v) is 3.67. The zero-order valence-electron chi connectivity index (χ0n) is 11.4. The average Bonchev–Trinajstić information content (AvgIpc) is 2.32. The van der Waals surface area contributed by atoms with Gasteiger partial charge in [0.2, 0.25) is 0 Å². The van der Waals surface area contributed by atoms with E-state index in [4.69, 9.17) is 0 Å². The summed E-state index contributed by atoms with van der Waals surface area (Å²) in [5.41, 5.74) is 4.07. The van der Waals surface area contributed by atoms with Gasteiger partial charge in [0.1, 0.15) is 0 Å². The van der Waals surface area contributed by atoms with Crippen molar-refractivity contribution < 1.29 is 0 Å². The molecular formula is C14H24N2S. The van der Waals surface area contributed by atoms with Crippen molar-refractivity contribution >= 4 is 17.4 Å². The van der Waals surface area contributed by atoms with Gasteiger partial charge in [-0.25, -0.2) is 0 Å². The number of thioether (sulfide) groups is 1. The van der Waals surface area contributed by atoms with E-state index in [1.54, 1.807) is 0 Å².